The normalized spacial score (nSPS) is 10.1. The fourth-order valence-electron chi connectivity index (χ4n) is 1.50. The number of carbonyl (C=O) groups is 1. The van der Waals surface area contributed by atoms with Crippen LogP contribution < -0.4 is 5.32 Å². The Kier molecular flexibility index (Phi) is 4.18. The topological polar surface area (TPSA) is 42.0 Å². The lowest BCUT2D eigenvalue weighted by Crippen LogP contribution is -2.15. The van der Waals surface area contributed by atoms with Gasteiger partial charge in [0.1, 0.15) is 11.0 Å². The van der Waals surface area contributed by atoms with E-state index in [4.69, 9.17) is 23.2 Å². The molecule has 2 aromatic rings. The van der Waals surface area contributed by atoms with Gasteiger partial charge < -0.3 is 5.32 Å². The van der Waals surface area contributed by atoms with Crippen molar-refractivity contribution < 1.29 is 4.79 Å². The molecule has 92 valence electrons. The van der Waals surface area contributed by atoms with Crippen molar-refractivity contribution in [3.8, 4) is 0 Å². The summed E-state index contributed by atoms with van der Waals surface area (Å²) in [4.78, 5) is 15.7. The molecule has 0 atom stereocenters. The molecule has 0 saturated carbocycles. The number of hydrogen-bond donors (Lipinski definition) is 1. The first-order valence-corrected chi connectivity index (χ1v) is 6.06. The van der Waals surface area contributed by atoms with Crippen molar-refractivity contribution in [3.05, 3.63) is 58.2 Å². The first-order valence-electron chi connectivity index (χ1n) is 5.30. The minimum absolute atomic E-state index is 0.160. The maximum atomic E-state index is 11.8. The molecule has 1 heterocycles. The second kappa shape index (κ2) is 5.85. The molecular formula is C13H10Cl2N2O. The first kappa shape index (κ1) is 12.9. The number of rotatable bonds is 3. The van der Waals surface area contributed by atoms with Gasteiger partial charge in [-0.15, -0.1) is 0 Å². The molecule has 2 rings (SSSR count). The third-order valence-electron chi connectivity index (χ3n) is 2.24. The van der Waals surface area contributed by atoms with Crippen LogP contribution >= 0.6 is 23.2 Å². The number of nitrogens with zero attached hydrogens (tertiary/aromatic N) is 1. The van der Waals surface area contributed by atoms with Crippen molar-refractivity contribution >= 4 is 34.9 Å². The molecule has 1 amide bonds. The van der Waals surface area contributed by atoms with E-state index in [0.717, 1.165) is 5.56 Å². The highest BCUT2D eigenvalue weighted by Crippen LogP contribution is 2.13. The van der Waals surface area contributed by atoms with E-state index in [2.05, 4.69) is 10.3 Å². The van der Waals surface area contributed by atoms with E-state index < -0.39 is 0 Å². The van der Waals surface area contributed by atoms with Crippen LogP contribution in [0.5, 0.6) is 0 Å². The molecule has 0 saturated heterocycles. The average Bonchev–Trinajstić information content (AvgIpc) is 2.28. The van der Waals surface area contributed by atoms with Gasteiger partial charge in [-0.3, -0.25) is 4.79 Å². The molecule has 0 aliphatic heterocycles. The number of hydrogen-bond acceptors (Lipinski definition) is 2. The molecule has 0 spiro atoms. The largest absolute Gasteiger partial charge is 0.310 e. The lowest BCUT2D eigenvalue weighted by Gasteiger charge is -2.05. The minimum atomic E-state index is -0.160. The number of nitrogens with one attached hydrogen (secondary N) is 1. The molecule has 0 bridgehead atoms. The second-order valence-electron chi connectivity index (χ2n) is 3.70. The SMILES string of the molecule is O=C(Cc1cccc(Cl)c1)Nc1cccc(Cl)n1. The Morgan fingerprint density at radius 3 is 2.67 bits per heavy atom. The Balaban J connectivity index is 2.01. The maximum Gasteiger partial charge on any atom is 0.229 e. The van der Waals surface area contributed by atoms with Crippen LogP contribution in [0, 0.1) is 0 Å². The van der Waals surface area contributed by atoms with Crippen LogP contribution in [0.3, 0.4) is 0 Å². The molecule has 3 nitrogen and oxygen atoms in total. The van der Waals surface area contributed by atoms with Crippen LogP contribution in [0.25, 0.3) is 0 Å². The van der Waals surface area contributed by atoms with Crippen LogP contribution in [-0.2, 0) is 11.2 Å². The van der Waals surface area contributed by atoms with Crippen molar-refractivity contribution in [2.24, 2.45) is 0 Å². The van der Waals surface area contributed by atoms with Crippen molar-refractivity contribution in [2.45, 2.75) is 6.42 Å². The molecule has 1 aromatic heterocycles. The van der Waals surface area contributed by atoms with Gasteiger partial charge in [0.2, 0.25) is 5.91 Å². The fourth-order valence-corrected chi connectivity index (χ4v) is 1.87. The zero-order valence-electron chi connectivity index (χ0n) is 9.36. The number of anilines is 1. The summed E-state index contributed by atoms with van der Waals surface area (Å²) in [5.41, 5.74) is 0.849. The summed E-state index contributed by atoms with van der Waals surface area (Å²) in [6, 6.07) is 12.2. The Hall–Kier alpha value is -1.58. The van der Waals surface area contributed by atoms with Gasteiger partial charge in [0.25, 0.3) is 0 Å². The Morgan fingerprint density at radius 1 is 1.17 bits per heavy atom. The van der Waals surface area contributed by atoms with Crippen molar-refractivity contribution in [2.75, 3.05) is 5.32 Å². The van der Waals surface area contributed by atoms with E-state index in [0.29, 0.717) is 16.0 Å². The highest BCUT2D eigenvalue weighted by atomic mass is 35.5. The number of carbonyl (C=O) groups excluding carboxylic acids is 1. The second-order valence-corrected chi connectivity index (χ2v) is 4.52. The van der Waals surface area contributed by atoms with Crippen LogP contribution in [0.15, 0.2) is 42.5 Å². The van der Waals surface area contributed by atoms with Gasteiger partial charge in [-0.25, -0.2) is 4.98 Å². The van der Waals surface area contributed by atoms with Gasteiger partial charge in [0.15, 0.2) is 0 Å². The Bertz CT molecular complexity index is 523. The molecule has 0 radical (unpaired) electrons. The number of halogens is 2. The first-order chi connectivity index (χ1) is 8.63. The monoisotopic (exact) mass is 280 g/mol. The third kappa shape index (κ3) is 3.72. The van der Waals surface area contributed by atoms with E-state index in [1.807, 2.05) is 12.1 Å². The molecule has 5 heteroatoms. The minimum Gasteiger partial charge on any atom is -0.310 e. The van der Waals surface area contributed by atoms with Gasteiger partial charge in [-0.2, -0.15) is 0 Å². The van der Waals surface area contributed by atoms with Gasteiger partial charge in [0.05, 0.1) is 6.42 Å². The number of benzene rings is 1. The standard InChI is InChI=1S/C13H10Cl2N2O/c14-10-4-1-3-9(7-10)8-13(18)17-12-6-2-5-11(15)16-12/h1-7H,8H2,(H,16,17,18). The Morgan fingerprint density at radius 2 is 1.94 bits per heavy atom. The summed E-state index contributed by atoms with van der Waals surface area (Å²) in [6.45, 7) is 0. The Labute approximate surface area is 115 Å². The molecule has 0 aliphatic carbocycles. The van der Waals surface area contributed by atoms with Gasteiger partial charge in [-0.1, -0.05) is 41.4 Å². The molecule has 0 unspecified atom stereocenters. The van der Waals surface area contributed by atoms with Gasteiger partial charge in [0, 0.05) is 5.02 Å². The summed E-state index contributed by atoms with van der Waals surface area (Å²) in [5, 5.41) is 3.63. The smallest absolute Gasteiger partial charge is 0.229 e. The summed E-state index contributed by atoms with van der Waals surface area (Å²) in [6.07, 6.45) is 0.245. The highest BCUT2D eigenvalue weighted by molar-refractivity contribution is 6.30. The van der Waals surface area contributed by atoms with Crippen LogP contribution in [0.4, 0.5) is 5.82 Å². The average molecular weight is 281 g/mol. The predicted octanol–water partition coefficient (Wildman–Crippen LogP) is 3.57. The zero-order chi connectivity index (χ0) is 13.0. The summed E-state index contributed by atoms with van der Waals surface area (Å²) in [7, 11) is 0. The van der Waals surface area contributed by atoms with E-state index in [1.165, 1.54) is 0 Å². The fraction of sp³-hybridized carbons (Fsp3) is 0.0769. The van der Waals surface area contributed by atoms with Crippen molar-refractivity contribution in [3.63, 3.8) is 0 Å². The predicted molar refractivity (Wildman–Crippen MR) is 73.0 cm³/mol. The summed E-state index contributed by atoms with van der Waals surface area (Å²) < 4.78 is 0. The van der Waals surface area contributed by atoms with Gasteiger partial charge in [-0.05, 0) is 29.8 Å². The summed E-state index contributed by atoms with van der Waals surface area (Å²) >= 11 is 11.6. The number of pyridine rings is 1. The van der Waals surface area contributed by atoms with E-state index in [1.54, 1.807) is 30.3 Å². The maximum absolute atomic E-state index is 11.8. The molecule has 1 aromatic carbocycles. The third-order valence-corrected chi connectivity index (χ3v) is 2.68. The van der Waals surface area contributed by atoms with Crippen LogP contribution in [-0.4, -0.2) is 10.9 Å². The lowest BCUT2D eigenvalue weighted by molar-refractivity contribution is -0.115. The number of aromatic nitrogens is 1. The molecule has 18 heavy (non-hydrogen) atoms. The lowest BCUT2D eigenvalue weighted by atomic mass is 10.1. The van der Waals surface area contributed by atoms with Crippen molar-refractivity contribution in [1.82, 2.24) is 4.98 Å². The van der Waals surface area contributed by atoms with E-state index in [-0.39, 0.29) is 12.3 Å². The molecular weight excluding hydrogens is 271 g/mol. The van der Waals surface area contributed by atoms with E-state index >= 15 is 0 Å². The highest BCUT2D eigenvalue weighted by Gasteiger charge is 2.05. The number of amides is 1. The van der Waals surface area contributed by atoms with E-state index in [9.17, 15) is 4.79 Å². The molecule has 0 aliphatic rings. The van der Waals surface area contributed by atoms with Gasteiger partial charge >= 0.3 is 0 Å². The zero-order valence-corrected chi connectivity index (χ0v) is 10.9. The quantitative estimate of drug-likeness (QED) is 0.874. The van der Waals surface area contributed by atoms with Crippen LogP contribution in [0.2, 0.25) is 10.2 Å². The molecule has 1 N–H and O–H groups in total. The molecule has 0 fully saturated rings. The summed E-state index contributed by atoms with van der Waals surface area (Å²) in [5.74, 6) is 0.279. The van der Waals surface area contributed by atoms with Crippen molar-refractivity contribution in [1.29, 1.82) is 0 Å². The van der Waals surface area contributed by atoms with Crippen LogP contribution in [0.1, 0.15) is 5.56 Å².